The number of amides is 1. The Morgan fingerprint density at radius 3 is 2.74 bits per heavy atom. The molecular weight excluding hydrogens is 302 g/mol. The summed E-state index contributed by atoms with van der Waals surface area (Å²) in [6, 6.07) is 2.54. The first-order valence-corrected chi connectivity index (χ1v) is 7.50. The van der Waals surface area contributed by atoms with Gasteiger partial charge in [0.2, 0.25) is 0 Å². The maximum atomic E-state index is 12.3. The number of benzene rings is 1. The first kappa shape index (κ1) is 17.1. The van der Waals surface area contributed by atoms with Crippen LogP contribution in [0.4, 0.5) is 5.69 Å². The fraction of sp³-hybridized carbons (Fsp3) is 0.500. The molecule has 2 rings (SSSR count). The predicted octanol–water partition coefficient (Wildman–Crippen LogP) is 1.25. The number of nitrogens with zero attached hydrogens (tertiary/aromatic N) is 1. The van der Waals surface area contributed by atoms with Crippen LogP contribution in [0.15, 0.2) is 12.1 Å². The fourth-order valence-corrected chi connectivity index (χ4v) is 2.59. The number of fused-ring (bicyclic) bond motifs is 1. The van der Waals surface area contributed by atoms with Crippen LogP contribution < -0.4 is 14.4 Å². The highest BCUT2D eigenvalue weighted by atomic mass is 16.5. The van der Waals surface area contributed by atoms with Crippen molar-refractivity contribution in [2.75, 3.05) is 25.2 Å². The Bertz CT molecular complexity index is 600. The number of methoxy groups -OCH3 is 1. The van der Waals surface area contributed by atoms with Gasteiger partial charge < -0.3 is 19.3 Å². The minimum absolute atomic E-state index is 0.182. The van der Waals surface area contributed by atoms with Crippen molar-refractivity contribution in [1.82, 2.24) is 0 Å². The molecule has 0 radical (unpaired) electrons. The molecule has 0 saturated heterocycles. The first-order valence-electron chi connectivity index (χ1n) is 7.50. The lowest BCUT2D eigenvalue weighted by molar-refractivity contribution is -0.144. The molecule has 126 valence electrons. The molecule has 7 nitrogen and oxygen atoms in total. The monoisotopic (exact) mass is 323 g/mol. The number of aliphatic hydroxyl groups is 1. The molecule has 1 N–H and O–H groups in total. The number of carbonyl (C=O) groups is 2. The molecule has 0 spiro atoms. The summed E-state index contributed by atoms with van der Waals surface area (Å²) in [5.74, 6) is -0.00868. The number of hydrogen-bond donors (Lipinski definition) is 1. The van der Waals surface area contributed by atoms with Crippen molar-refractivity contribution in [2.45, 2.75) is 32.9 Å². The maximum absolute atomic E-state index is 12.3. The van der Waals surface area contributed by atoms with Gasteiger partial charge in [-0.3, -0.25) is 9.69 Å². The predicted molar refractivity (Wildman–Crippen MR) is 82.6 cm³/mol. The molecule has 0 saturated carbocycles. The van der Waals surface area contributed by atoms with E-state index in [0.29, 0.717) is 35.8 Å². The SMILES string of the molecule is CCOc1cc(CO)cc2c1OCC(=O)N2C(CC)C(=O)OC. The highest BCUT2D eigenvalue weighted by molar-refractivity contribution is 6.03. The number of rotatable bonds is 6. The topological polar surface area (TPSA) is 85.3 Å². The molecule has 7 heteroatoms. The molecule has 1 atom stereocenters. The van der Waals surface area contributed by atoms with E-state index in [1.807, 2.05) is 6.92 Å². The average Bonchev–Trinajstić information content (AvgIpc) is 2.56. The summed E-state index contributed by atoms with van der Waals surface area (Å²) in [6.07, 6.45) is 0.394. The quantitative estimate of drug-likeness (QED) is 0.793. The molecular formula is C16H21NO6. The lowest BCUT2D eigenvalue weighted by atomic mass is 10.1. The van der Waals surface area contributed by atoms with Gasteiger partial charge in [-0.05, 0) is 31.0 Å². The first-order chi connectivity index (χ1) is 11.1. The zero-order valence-electron chi connectivity index (χ0n) is 13.5. The summed E-state index contributed by atoms with van der Waals surface area (Å²) in [6.45, 7) is 3.63. The van der Waals surface area contributed by atoms with Crippen LogP contribution in [0.3, 0.4) is 0 Å². The average molecular weight is 323 g/mol. The number of ether oxygens (including phenoxy) is 3. The van der Waals surface area contributed by atoms with Crippen molar-refractivity contribution in [3.8, 4) is 11.5 Å². The lowest BCUT2D eigenvalue weighted by Crippen LogP contribution is -2.49. The van der Waals surface area contributed by atoms with Crippen LogP contribution in [0, 0.1) is 0 Å². The normalized spacial score (nSPS) is 14.8. The summed E-state index contributed by atoms with van der Waals surface area (Å²) in [4.78, 5) is 25.7. The number of hydrogen-bond acceptors (Lipinski definition) is 6. The summed E-state index contributed by atoms with van der Waals surface area (Å²) >= 11 is 0. The molecule has 1 heterocycles. The van der Waals surface area contributed by atoms with Gasteiger partial charge in [-0.25, -0.2) is 4.79 Å². The second-order valence-corrected chi connectivity index (χ2v) is 5.03. The molecule has 0 aliphatic carbocycles. The van der Waals surface area contributed by atoms with Gasteiger partial charge in [0.15, 0.2) is 18.1 Å². The third-order valence-corrected chi connectivity index (χ3v) is 3.62. The van der Waals surface area contributed by atoms with Gasteiger partial charge in [-0.15, -0.1) is 0 Å². The van der Waals surface area contributed by atoms with E-state index < -0.39 is 12.0 Å². The van der Waals surface area contributed by atoms with Crippen molar-refractivity contribution in [2.24, 2.45) is 0 Å². The van der Waals surface area contributed by atoms with Crippen LogP contribution in [0.1, 0.15) is 25.8 Å². The van der Waals surface area contributed by atoms with E-state index in [1.165, 1.54) is 12.0 Å². The number of esters is 1. The van der Waals surface area contributed by atoms with Crippen molar-refractivity contribution in [1.29, 1.82) is 0 Å². The molecule has 1 unspecified atom stereocenters. The third-order valence-electron chi connectivity index (χ3n) is 3.62. The van der Waals surface area contributed by atoms with E-state index in [9.17, 15) is 14.7 Å². The van der Waals surface area contributed by atoms with Crippen LogP contribution >= 0.6 is 0 Å². The van der Waals surface area contributed by atoms with E-state index in [-0.39, 0.29) is 19.1 Å². The molecule has 1 aromatic carbocycles. The van der Waals surface area contributed by atoms with Crippen LogP contribution in [-0.2, 0) is 20.9 Å². The molecule has 1 aromatic rings. The Morgan fingerprint density at radius 1 is 1.43 bits per heavy atom. The van der Waals surface area contributed by atoms with E-state index >= 15 is 0 Å². The second-order valence-electron chi connectivity index (χ2n) is 5.03. The molecule has 0 fully saturated rings. The van der Waals surface area contributed by atoms with E-state index in [1.54, 1.807) is 19.1 Å². The Kier molecular flexibility index (Phi) is 5.44. The maximum Gasteiger partial charge on any atom is 0.328 e. The minimum atomic E-state index is -0.751. The Morgan fingerprint density at radius 2 is 2.17 bits per heavy atom. The Hall–Kier alpha value is -2.28. The number of anilines is 1. The standard InChI is InChI=1S/C16H21NO6/c1-4-11(16(20)21-3)17-12-6-10(8-18)7-13(22-5-2)15(12)23-9-14(17)19/h6-7,11,18H,4-5,8-9H2,1-3H3. The Balaban J connectivity index is 2.57. The number of aliphatic hydroxyl groups excluding tert-OH is 1. The van der Waals surface area contributed by atoms with Crippen LogP contribution in [0.2, 0.25) is 0 Å². The van der Waals surface area contributed by atoms with Crippen molar-refractivity contribution >= 4 is 17.6 Å². The largest absolute Gasteiger partial charge is 0.490 e. The van der Waals surface area contributed by atoms with Crippen LogP contribution in [-0.4, -0.2) is 43.3 Å². The molecule has 23 heavy (non-hydrogen) atoms. The minimum Gasteiger partial charge on any atom is -0.490 e. The highest BCUT2D eigenvalue weighted by Gasteiger charge is 2.37. The fourth-order valence-electron chi connectivity index (χ4n) is 2.59. The molecule has 1 aliphatic heterocycles. The molecule has 0 bridgehead atoms. The van der Waals surface area contributed by atoms with Gasteiger partial charge in [0.1, 0.15) is 6.04 Å². The van der Waals surface area contributed by atoms with E-state index in [4.69, 9.17) is 14.2 Å². The van der Waals surface area contributed by atoms with Gasteiger partial charge in [-0.1, -0.05) is 6.92 Å². The summed E-state index contributed by atoms with van der Waals surface area (Å²) in [5.41, 5.74) is 0.976. The summed E-state index contributed by atoms with van der Waals surface area (Å²) in [5, 5.41) is 9.44. The molecule has 1 aliphatic rings. The van der Waals surface area contributed by atoms with Gasteiger partial charge >= 0.3 is 5.97 Å². The van der Waals surface area contributed by atoms with Crippen molar-refractivity contribution in [3.05, 3.63) is 17.7 Å². The van der Waals surface area contributed by atoms with Gasteiger partial charge in [-0.2, -0.15) is 0 Å². The number of carbonyl (C=O) groups excluding carboxylic acids is 2. The lowest BCUT2D eigenvalue weighted by Gasteiger charge is -2.34. The summed E-state index contributed by atoms with van der Waals surface area (Å²) < 4.78 is 15.8. The third kappa shape index (κ3) is 3.24. The molecule has 1 amide bonds. The molecule has 0 aromatic heterocycles. The zero-order chi connectivity index (χ0) is 17.0. The van der Waals surface area contributed by atoms with Gasteiger partial charge in [0.25, 0.3) is 5.91 Å². The van der Waals surface area contributed by atoms with Gasteiger partial charge in [0, 0.05) is 0 Å². The van der Waals surface area contributed by atoms with E-state index in [0.717, 1.165) is 0 Å². The van der Waals surface area contributed by atoms with Crippen molar-refractivity contribution < 1.29 is 28.9 Å². The van der Waals surface area contributed by atoms with Crippen molar-refractivity contribution in [3.63, 3.8) is 0 Å². The highest BCUT2D eigenvalue weighted by Crippen LogP contribution is 2.42. The Labute approximate surface area is 134 Å². The second kappa shape index (κ2) is 7.32. The van der Waals surface area contributed by atoms with Crippen LogP contribution in [0.25, 0.3) is 0 Å². The van der Waals surface area contributed by atoms with Crippen LogP contribution in [0.5, 0.6) is 11.5 Å². The van der Waals surface area contributed by atoms with E-state index in [2.05, 4.69) is 0 Å². The smallest absolute Gasteiger partial charge is 0.328 e. The van der Waals surface area contributed by atoms with Gasteiger partial charge in [0.05, 0.1) is 26.0 Å². The zero-order valence-corrected chi connectivity index (χ0v) is 13.5. The summed E-state index contributed by atoms with van der Waals surface area (Å²) in [7, 11) is 1.28.